The van der Waals surface area contributed by atoms with Crippen molar-refractivity contribution in [2.45, 2.75) is 18.1 Å². The fourth-order valence-corrected chi connectivity index (χ4v) is 4.83. The molecule has 1 saturated heterocycles. The Kier molecular flexibility index (Phi) is 4.86. The maximum atomic E-state index is 13.0. The molecule has 0 aromatic heterocycles. The lowest BCUT2D eigenvalue weighted by Gasteiger charge is -2.25. The first-order valence-corrected chi connectivity index (χ1v) is 9.83. The van der Waals surface area contributed by atoms with Crippen LogP contribution in [0, 0.1) is 0 Å². The van der Waals surface area contributed by atoms with Gasteiger partial charge >= 0.3 is 0 Å². The SMILES string of the molecule is COc1ccc(NC(=O)C2(C)CCN(c3ccc(Cl)cc3)S2(=O)=O)cc1. The van der Waals surface area contributed by atoms with E-state index < -0.39 is 20.7 Å². The highest BCUT2D eigenvalue weighted by Crippen LogP contribution is 2.37. The van der Waals surface area contributed by atoms with Crippen molar-refractivity contribution in [1.82, 2.24) is 0 Å². The highest BCUT2D eigenvalue weighted by atomic mass is 35.5. The first-order valence-electron chi connectivity index (χ1n) is 8.01. The van der Waals surface area contributed by atoms with Gasteiger partial charge in [-0.2, -0.15) is 0 Å². The number of nitrogens with one attached hydrogen (secondary N) is 1. The minimum atomic E-state index is -3.87. The van der Waals surface area contributed by atoms with Gasteiger partial charge in [-0.05, 0) is 61.9 Å². The summed E-state index contributed by atoms with van der Waals surface area (Å²) in [5, 5.41) is 3.21. The Morgan fingerprint density at radius 1 is 1.15 bits per heavy atom. The van der Waals surface area contributed by atoms with Crippen molar-refractivity contribution in [3.05, 3.63) is 53.6 Å². The van der Waals surface area contributed by atoms with Crippen LogP contribution < -0.4 is 14.4 Å². The Balaban J connectivity index is 1.84. The molecule has 1 N–H and O–H groups in total. The van der Waals surface area contributed by atoms with Crippen LogP contribution in [0.1, 0.15) is 13.3 Å². The summed E-state index contributed by atoms with van der Waals surface area (Å²) in [6.45, 7) is 1.69. The van der Waals surface area contributed by atoms with E-state index >= 15 is 0 Å². The van der Waals surface area contributed by atoms with Gasteiger partial charge in [-0.15, -0.1) is 0 Å². The summed E-state index contributed by atoms with van der Waals surface area (Å²) in [6.07, 6.45) is 0.194. The van der Waals surface area contributed by atoms with Crippen molar-refractivity contribution in [3.8, 4) is 5.75 Å². The Bertz CT molecular complexity index is 913. The van der Waals surface area contributed by atoms with E-state index in [1.165, 1.54) is 11.2 Å². The Hall–Kier alpha value is -2.25. The normalized spacial score (nSPS) is 21.4. The van der Waals surface area contributed by atoms with Crippen LogP contribution in [0.4, 0.5) is 11.4 Å². The highest BCUT2D eigenvalue weighted by molar-refractivity contribution is 7.95. The third-order valence-corrected chi connectivity index (χ3v) is 7.35. The topological polar surface area (TPSA) is 75.7 Å². The summed E-state index contributed by atoms with van der Waals surface area (Å²) in [5.74, 6) is 0.0933. The van der Waals surface area contributed by atoms with Crippen LogP contribution in [0.5, 0.6) is 5.75 Å². The second-order valence-corrected chi connectivity index (χ2v) is 8.95. The van der Waals surface area contributed by atoms with Crippen LogP contribution in [0.3, 0.4) is 0 Å². The molecular formula is C18H19ClN2O4S. The van der Waals surface area contributed by atoms with Gasteiger partial charge in [0.2, 0.25) is 15.9 Å². The van der Waals surface area contributed by atoms with Crippen molar-refractivity contribution >= 4 is 38.9 Å². The molecule has 1 unspecified atom stereocenters. The van der Waals surface area contributed by atoms with Crippen molar-refractivity contribution in [2.75, 3.05) is 23.3 Å². The van der Waals surface area contributed by atoms with Crippen LogP contribution in [0.15, 0.2) is 48.5 Å². The quantitative estimate of drug-likeness (QED) is 0.863. The standard InChI is InChI=1S/C18H19ClN2O4S/c1-18(17(22)20-14-5-9-16(25-2)10-6-14)11-12-21(26(18,23)24)15-7-3-13(19)4-8-15/h3-10H,11-12H2,1-2H3,(H,20,22). The van der Waals surface area contributed by atoms with Gasteiger partial charge in [0.05, 0.1) is 12.8 Å². The second-order valence-electron chi connectivity index (χ2n) is 6.22. The number of methoxy groups -OCH3 is 1. The largest absolute Gasteiger partial charge is 0.497 e. The minimum absolute atomic E-state index is 0.194. The molecule has 3 rings (SSSR count). The van der Waals surface area contributed by atoms with E-state index in [-0.39, 0.29) is 13.0 Å². The van der Waals surface area contributed by atoms with Crippen LogP contribution in [-0.4, -0.2) is 32.7 Å². The summed E-state index contributed by atoms with van der Waals surface area (Å²) in [7, 11) is -2.33. The van der Waals surface area contributed by atoms with Crippen molar-refractivity contribution < 1.29 is 17.9 Å². The number of carbonyl (C=O) groups excluding carboxylic acids is 1. The van der Waals surface area contributed by atoms with E-state index in [4.69, 9.17) is 16.3 Å². The lowest BCUT2D eigenvalue weighted by molar-refractivity contribution is -0.118. The van der Waals surface area contributed by atoms with Gasteiger partial charge in [0.15, 0.2) is 4.75 Å². The Morgan fingerprint density at radius 3 is 2.35 bits per heavy atom. The maximum absolute atomic E-state index is 13.0. The van der Waals surface area contributed by atoms with E-state index in [1.807, 2.05) is 0 Å². The molecule has 1 aliphatic heterocycles. The zero-order valence-electron chi connectivity index (χ0n) is 14.4. The van der Waals surface area contributed by atoms with Gasteiger partial charge in [-0.3, -0.25) is 9.10 Å². The zero-order valence-corrected chi connectivity index (χ0v) is 16.0. The van der Waals surface area contributed by atoms with Gasteiger partial charge in [-0.1, -0.05) is 11.6 Å². The summed E-state index contributed by atoms with van der Waals surface area (Å²) in [5.41, 5.74) is 1.01. The van der Waals surface area contributed by atoms with Crippen molar-refractivity contribution in [2.24, 2.45) is 0 Å². The molecule has 1 heterocycles. The van der Waals surface area contributed by atoms with Crippen LogP contribution in [0.25, 0.3) is 0 Å². The number of nitrogens with zero attached hydrogens (tertiary/aromatic N) is 1. The number of benzene rings is 2. The highest BCUT2D eigenvalue weighted by Gasteiger charge is 2.54. The van der Waals surface area contributed by atoms with E-state index in [0.717, 1.165) is 0 Å². The molecular weight excluding hydrogens is 376 g/mol. The third-order valence-electron chi connectivity index (χ3n) is 4.59. The average Bonchev–Trinajstić information content (AvgIpc) is 2.87. The van der Waals surface area contributed by atoms with E-state index in [0.29, 0.717) is 22.1 Å². The number of ether oxygens (including phenoxy) is 1. The Labute approximate surface area is 157 Å². The molecule has 0 radical (unpaired) electrons. The fraction of sp³-hybridized carbons (Fsp3) is 0.278. The molecule has 1 fully saturated rings. The zero-order chi connectivity index (χ0) is 18.9. The number of halogens is 1. The maximum Gasteiger partial charge on any atom is 0.249 e. The van der Waals surface area contributed by atoms with Crippen molar-refractivity contribution in [1.29, 1.82) is 0 Å². The molecule has 2 aromatic rings. The summed E-state index contributed by atoms with van der Waals surface area (Å²) in [6, 6.07) is 13.2. The minimum Gasteiger partial charge on any atom is -0.497 e. The number of sulfonamides is 1. The summed E-state index contributed by atoms with van der Waals surface area (Å²) in [4.78, 5) is 12.8. The number of anilines is 2. The van der Waals surface area contributed by atoms with Crippen LogP contribution in [0.2, 0.25) is 5.02 Å². The molecule has 0 saturated carbocycles. The van der Waals surface area contributed by atoms with Crippen LogP contribution in [-0.2, 0) is 14.8 Å². The lowest BCUT2D eigenvalue weighted by Crippen LogP contribution is -2.47. The molecule has 0 spiro atoms. The molecule has 0 aliphatic carbocycles. The molecule has 138 valence electrons. The molecule has 26 heavy (non-hydrogen) atoms. The average molecular weight is 395 g/mol. The van der Waals surface area contributed by atoms with Gasteiger partial charge in [0, 0.05) is 17.3 Å². The summed E-state index contributed by atoms with van der Waals surface area (Å²) >= 11 is 5.87. The number of hydrogen-bond acceptors (Lipinski definition) is 4. The number of hydrogen-bond donors (Lipinski definition) is 1. The fourth-order valence-electron chi connectivity index (χ4n) is 2.85. The lowest BCUT2D eigenvalue weighted by atomic mass is 10.1. The van der Waals surface area contributed by atoms with E-state index in [9.17, 15) is 13.2 Å². The third kappa shape index (κ3) is 3.12. The molecule has 1 amide bonds. The van der Waals surface area contributed by atoms with Crippen LogP contribution >= 0.6 is 11.6 Å². The monoisotopic (exact) mass is 394 g/mol. The van der Waals surface area contributed by atoms with Gasteiger partial charge in [0.1, 0.15) is 5.75 Å². The van der Waals surface area contributed by atoms with E-state index in [1.54, 1.807) is 55.6 Å². The van der Waals surface area contributed by atoms with Gasteiger partial charge in [-0.25, -0.2) is 8.42 Å². The number of rotatable bonds is 4. The first kappa shape index (κ1) is 18.5. The predicted octanol–water partition coefficient (Wildman–Crippen LogP) is 3.29. The molecule has 8 heteroatoms. The molecule has 1 atom stereocenters. The van der Waals surface area contributed by atoms with Crippen molar-refractivity contribution in [3.63, 3.8) is 0 Å². The number of amides is 1. The smallest absolute Gasteiger partial charge is 0.249 e. The Morgan fingerprint density at radius 2 is 1.77 bits per heavy atom. The molecule has 2 aromatic carbocycles. The van der Waals surface area contributed by atoms with E-state index in [2.05, 4.69) is 5.32 Å². The van der Waals surface area contributed by atoms with Gasteiger partial charge < -0.3 is 10.1 Å². The predicted molar refractivity (Wildman–Crippen MR) is 102 cm³/mol. The molecule has 6 nitrogen and oxygen atoms in total. The molecule has 1 aliphatic rings. The molecule has 0 bridgehead atoms. The number of carbonyl (C=O) groups is 1. The second kappa shape index (κ2) is 6.81. The van der Waals surface area contributed by atoms with Gasteiger partial charge in [0.25, 0.3) is 0 Å². The summed E-state index contributed by atoms with van der Waals surface area (Å²) < 4.78 is 30.9. The first-order chi connectivity index (χ1) is 12.3.